The fraction of sp³-hybridized carbons (Fsp3) is 0.333. The van der Waals surface area contributed by atoms with Gasteiger partial charge in [-0.15, -0.1) is 0 Å². The Morgan fingerprint density at radius 2 is 1.80 bits per heavy atom. The summed E-state index contributed by atoms with van der Waals surface area (Å²) in [4.78, 5) is 40.0. The maximum atomic E-state index is 12.5. The Bertz CT molecular complexity index is 792. The standard InChI is InChI=1S/C18H20N4O3/c1-3-21(12-13-10-19-20(2)11-13)16(23)8-9-22-17(24)14-6-4-5-7-15(14)18(22)25/h4-7,10-11H,3,8-9,12H2,1-2H3. The monoisotopic (exact) mass is 340 g/mol. The molecule has 1 aromatic carbocycles. The van der Waals surface area contributed by atoms with Gasteiger partial charge in [-0.25, -0.2) is 0 Å². The Labute approximate surface area is 145 Å². The van der Waals surface area contributed by atoms with E-state index in [9.17, 15) is 14.4 Å². The van der Waals surface area contributed by atoms with Gasteiger partial charge in [0.05, 0.1) is 17.3 Å². The largest absolute Gasteiger partial charge is 0.338 e. The smallest absolute Gasteiger partial charge is 0.261 e. The highest BCUT2D eigenvalue weighted by molar-refractivity contribution is 6.21. The molecule has 7 heteroatoms. The van der Waals surface area contributed by atoms with Crippen LogP contribution in [0.25, 0.3) is 0 Å². The molecular weight excluding hydrogens is 320 g/mol. The first-order valence-electron chi connectivity index (χ1n) is 8.21. The van der Waals surface area contributed by atoms with E-state index in [1.165, 1.54) is 0 Å². The van der Waals surface area contributed by atoms with Gasteiger partial charge in [-0.3, -0.25) is 24.0 Å². The number of aromatic nitrogens is 2. The minimum absolute atomic E-state index is 0.0920. The van der Waals surface area contributed by atoms with Gasteiger partial charge >= 0.3 is 0 Å². The topological polar surface area (TPSA) is 75.5 Å². The lowest BCUT2D eigenvalue weighted by atomic mass is 10.1. The summed E-state index contributed by atoms with van der Waals surface area (Å²) < 4.78 is 1.69. The van der Waals surface area contributed by atoms with Crippen molar-refractivity contribution in [3.8, 4) is 0 Å². The van der Waals surface area contributed by atoms with Crippen LogP contribution in [0, 0.1) is 0 Å². The van der Waals surface area contributed by atoms with Gasteiger partial charge in [0.1, 0.15) is 0 Å². The molecule has 0 fully saturated rings. The van der Waals surface area contributed by atoms with Gasteiger partial charge in [0.25, 0.3) is 11.8 Å². The average Bonchev–Trinajstić information content (AvgIpc) is 3.13. The molecule has 0 bridgehead atoms. The van der Waals surface area contributed by atoms with Crippen LogP contribution in [0.2, 0.25) is 0 Å². The number of rotatable bonds is 6. The number of fused-ring (bicyclic) bond motifs is 1. The van der Waals surface area contributed by atoms with Gasteiger partial charge in [-0.05, 0) is 19.1 Å². The molecule has 2 heterocycles. The second-order valence-electron chi connectivity index (χ2n) is 5.99. The Kier molecular flexibility index (Phi) is 4.65. The van der Waals surface area contributed by atoms with E-state index >= 15 is 0 Å². The minimum Gasteiger partial charge on any atom is -0.338 e. The van der Waals surface area contributed by atoms with E-state index in [4.69, 9.17) is 0 Å². The molecule has 7 nitrogen and oxygen atoms in total. The zero-order valence-corrected chi connectivity index (χ0v) is 14.3. The van der Waals surface area contributed by atoms with Crippen molar-refractivity contribution in [2.24, 2.45) is 7.05 Å². The van der Waals surface area contributed by atoms with E-state index < -0.39 is 0 Å². The molecule has 0 saturated heterocycles. The maximum absolute atomic E-state index is 12.5. The molecule has 3 amide bonds. The third-order valence-electron chi connectivity index (χ3n) is 4.29. The van der Waals surface area contributed by atoms with Crippen LogP contribution in [-0.4, -0.2) is 50.4 Å². The van der Waals surface area contributed by atoms with Crippen LogP contribution in [0.1, 0.15) is 39.6 Å². The van der Waals surface area contributed by atoms with E-state index in [1.54, 1.807) is 40.0 Å². The first-order chi connectivity index (χ1) is 12.0. The van der Waals surface area contributed by atoms with Gasteiger partial charge in [0.15, 0.2) is 0 Å². The van der Waals surface area contributed by atoms with Crippen LogP contribution in [0.15, 0.2) is 36.7 Å². The fourth-order valence-corrected chi connectivity index (χ4v) is 2.96. The Hall–Kier alpha value is -2.96. The number of carbonyl (C=O) groups is 3. The summed E-state index contributed by atoms with van der Waals surface area (Å²) in [6.45, 7) is 3.01. The minimum atomic E-state index is -0.330. The number of carbonyl (C=O) groups excluding carboxylic acids is 3. The molecule has 1 aliphatic heterocycles. The van der Waals surface area contributed by atoms with E-state index in [1.807, 2.05) is 20.2 Å². The van der Waals surface area contributed by atoms with Crippen molar-refractivity contribution in [1.29, 1.82) is 0 Å². The summed E-state index contributed by atoms with van der Waals surface area (Å²) in [5, 5.41) is 4.10. The first-order valence-corrected chi connectivity index (χ1v) is 8.21. The van der Waals surface area contributed by atoms with Crippen molar-refractivity contribution in [2.75, 3.05) is 13.1 Å². The molecule has 0 saturated carbocycles. The van der Waals surface area contributed by atoms with Crippen LogP contribution < -0.4 is 0 Å². The molecule has 0 atom stereocenters. The number of amides is 3. The average molecular weight is 340 g/mol. The molecule has 25 heavy (non-hydrogen) atoms. The van der Waals surface area contributed by atoms with Gasteiger partial charge in [-0.2, -0.15) is 5.10 Å². The molecule has 3 rings (SSSR count). The summed E-state index contributed by atoms with van der Waals surface area (Å²) in [6, 6.07) is 6.73. The van der Waals surface area contributed by atoms with Gasteiger partial charge < -0.3 is 4.90 Å². The molecule has 0 unspecified atom stereocenters. The van der Waals surface area contributed by atoms with Crippen molar-refractivity contribution in [1.82, 2.24) is 19.6 Å². The van der Waals surface area contributed by atoms with E-state index in [2.05, 4.69) is 5.10 Å². The number of aryl methyl sites for hydroxylation is 1. The fourth-order valence-electron chi connectivity index (χ4n) is 2.96. The van der Waals surface area contributed by atoms with Crippen LogP contribution in [0.3, 0.4) is 0 Å². The second kappa shape index (κ2) is 6.88. The second-order valence-corrected chi connectivity index (χ2v) is 5.99. The van der Waals surface area contributed by atoms with Gasteiger partial charge in [-0.1, -0.05) is 12.1 Å². The van der Waals surface area contributed by atoms with Gasteiger partial charge in [0.2, 0.25) is 5.91 Å². The third-order valence-corrected chi connectivity index (χ3v) is 4.29. The summed E-state index contributed by atoms with van der Waals surface area (Å²) in [5.41, 5.74) is 1.75. The van der Waals surface area contributed by atoms with Crippen molar-refractivity contribution in [2.45, 2.75) is 19.9 Å². The molecule has 130 valence electrons. The summed E-state index contributed by atoms with van der Waals surface area (Å²) in [5.74, 6) is -0.754. The molecule has 0 aliphatic carbocycles. The van der Waals surface area contributed by atoms with Crippen LogP contribution in [-0.2, 0) is 18.4 Å². The predicted octanol–water partition coefficient (Wildman–Crippen LogP) is 1.45. The third kappa shape index (κ3) is 3.31. The lowest BCUT2D eigenvalue weighted by molar-refractivity contribution is -0.131. The zero-order valence-electron chi connectivity index (χ0n) is 14.3. The van der Waals surface area contributed by atoms with Crippen LogP contribution in [0.4, 0.5) is 0 Å². The number of benzene rings is 1. The van der Waals surface area contributed by atoms with Crippen molar-refractivity contribution in [3.05, 3.63) is 53.3 Å². The summed E-state index contributed by atoms with van der Waals surface area (Å²) in [6.07, 6.45) is 3.69. The van der Waals surface area contributed by atoms with Crippen LogP contribution >= 0.6 is 0 Å². The van der Waals surface area contributed by atoms with E-state index in [-0.39, 0.29) is 30.7 Å². The molecule has 2 aromatic rings. The molecule has 1 aliphatic rings. The van der Waals surface area contributed by atoms with Crippen molar-refractivity contribution < 1.29 is 14.4 Å². The maximum Gasteiger partial charge on any atom is 0.261 e. The Morgan fingerprint density at radius 3 is 2.32 bits per heavy atom. The molecule has 0 radical (unpaired) electrons. The molecular formula is C18H20N4O3. The van der Waals surface area contributed by atoms with Crippen molar-refractivity contribution >= 4 is 17.7 Å². The highest BCUT2D eigenvalue weighted by Crippen LogP contribution is 2.22. The summed E-state index contributed by atoms with van der Waals surface area (Å²) in [7, 11) is 1.82. The molecule has 1 aromatic heterocycles. The van der Waals surface area contributed by atoms with E-state index in [0.29, 0.717) is 24.2 Å². The van der Waals surface area contributed by atoms with Crippen LogP contribution in [0.5, 0.6) is 0 Å². The predicted molar refractivity (Wildman–Crippen MR) is 90.7 cm³/mol. The molecule has 0 spiro atoms. The normalized spacial score (nSPS) is 13.3. The number of nitrogens with zero attached hydrogens (tertiary/aromatic N) is 4. The highest BCUT2D eigenvalue weighted by atomic mass is 16.2. The van der Waals surface area contributed by atoms with Crippen molar-refractivity contribution in [3.63, 3.8) is 0 Å². The SMILES string of the molecule is CCN(Cc1cnn(C)c1)C(=O)CCN1C(=O)c2ccccc2C1=O. The Morgan fingerprint density at radius 1 is 1.16 bits per heavy atom. The number of imide groups is 1. The highest BCUT2D eigenvalue weighted by Gasteiger charge is 2.35. The lowest BCUT2D eigenvalue weighted by Crippen LogP contribution is -2.36. The van der Waals surface area contributed by atoms with E-state index in [0.717, 1.165) is 10.5 Å². The number of hydrogen-bond acceptors (Lipinski definition) is 4. The first kappa shape index (κ1) is 16.9. The Balaban J connectivity index is 1.62. The quantitative estimate of drug-likeness (QED) is 0.746. The zero-order chi connectivity index (χ0) is 18.0. The summed E-state index contributed by atoms with van der Waals surface area (Å²) >= 11 is 0. The number of hydrogen-bond donors (Lipinski definition) is 0. The van der Waals surface area contributed by atoms with Gasteiger partial charge in [0, 0.05) is 44.9 Å². The molecule has 0 N–H and O–H groups in total. The lowest BCUT2D eigenvalue weighted by Gasteiger charge is -2.21.